The Morgan fingerprint density at radius 1 is 1.53 bits per heavy atom. The third-order valence-electron chi connectivity index (χ3n) is 2.31. The number of nitrogens with one attached hydrogen (secondary N) is 1. The van der Waals surface area contributed by atoms with E-state index in [1.165, 1.54) is 0 Å². The first kappa shape index (κ1) is 14.4. The fraction of sp³-hybridized carbons (Fsp3) is 0.400. The largest absolute Gasteiger partial charge is 0.398 e. The van der Waals surface area contributed by atoms with Crippen molar-refractivity contribution in [2.45, 2.75) is 31.2 Å². The van der Waals surface area contributed by atoms with Crippen LogP contribution in [0.5, 0.6) is 0 Å². The summed E-state index contributed by atoms with van der Waals surface area (Å²) in [6.07, 6.45) is 0.654. The fourth-order valence-corrected chi connectivity index (χ4v) is 3.15. The number of halogens is 2. The molecular formula is C10H14BrFN2O2S. The van der Waals surface area contributed by atoms with Crippen LogP contribution in [0.15, 0.2) is 21.5 Å². The zero-order valence-corrected chi connectivity index (χ0v) is 11.9. The molecule has 0 spiro atoms. The lowest BCUT2D eigenvalue weighted by molar-refractivity contribution is 0.555. The number of hydrogen-bond acceptors (Lipinski definition) is 3. The maximum absolute atomic E-state index is 13.1. The molecule has 0 aliphatic heterocycles. The Bertz CT molecular complexity index is 519. The topological polar surface area (TPSA) is 72.2 Å². The number of rotatable bonds is 4. The van der Waals surface area contributed by atoms with E-state index in [1.807, 2.05) is 6.92 Å². The van der Waals surface area contributed by atoms with Crippen molar-refractivity contribution >= 4 is 31.6 Å². The molecule has 4 nitrogen and oxygen atoms in total. The Morgan fingerprint density at radius 3 is 2.65 bits per heavy atom. The van der Waals surface area contributed by atoms with Gasteiger partial charge in [-0.2, -0.15) is 0 Å². The minimum Gasteiger partial charge on any atom is -0.398 e. The molecule has 1 rings (SSSR count). The van der Waals surface area contributed by atoms with Gasteiger partial charge >= 0.3 is 0 Å². The zero-order valence-electron chi connectivity index (χ0n) is 9.50. The van der Waals surface area contributed by atoms with Gasteiger partial charge in [-0.05, 0) is 41.4 Å². The molecule has 0 radical (unpaired) electrons. The Labute approximate surface area is 109 Å². The molecule has 1 unspecified atom stereocenters. The Hall–Kier alpha value is -0.660. The molecule has 0 aromatic heterocycles. The van der Waals surface area contributed by atoms with Gasteiger partial charge in [0.1, 0.15) is 10.7 Å². The first-order valence-electron chi connectivity index (χ1n) is 5.04. The summed E-state index contributed by atoms with van der Waals surface area (Å²) in [6.45, 7) is 3.60. The predicted octanol–water partition coefficient (Wildman–Crippen LogP) is 2.25. The number of sulfonamides is 1. The Balaban J connectivity index is 3.20. The highest BCUT2D eigenvalue weighted by molar-refractivity contribution is 9.10. The van der Waals surface area contributed by atoms with Gasteiger partial charge in [-0.15, -0.1) is 0 Å². The summed E-state index contributed by atoms with van der Waals surface area (Å²) in [4.78, 5) is -0.119. The van der Waals surface area contributed by atoms with Gasteiger partial charge in [0, 0.05) is 6.04 Å². The number of benzene rings is 1. The van der Waals surface area contributed by atoms with E-state index in [9.17, 15) is 12.8 Å². The molecule has 0 saturated heterocycles. The summed E-state index contributed by atoms with van der Waals surface area (Å²) >= 11 is 2.93. The number of anilines is 1. The van der Waals surface area contributed by atoms with Crippen molar-refractivity contribution in [1.82, 2.24) is 4.72 Å². The van der Waals surface area contributed by atoms with Gasteiger partial charge in [0.25, 0.3) is 0 Å². The van der Waals surface area contributed by atoms with Crippen LogP contribution >= 0.6 is 15.9 Å². The molecule has 0 fully saturated rings. The van der Waals surface area contributed by atoms with Crippen molar-refractivity contribution < 1.29 is 12.8 Å². The fourth-order valence-electron chi connectivity index (χ4n) is 1.19. The van der Waals surface area contributed by atoms with E-state index >= 15 is 0 Å². The van der Waals surface area contributed by atoms with Crippen LogP contribution in [0.4, 0.5) is 10.1 Å². The number of hydrogen-bond donors (Lipinski definition) is 2. The lowest BCUT2D eigenvalue weighted by Crippen LogP contribution is -2.32. The van der Waals surface area contributed by atoms with E-state index in [0.717, 1.165) is 12.1 Å². The summed E-state index contributed by atoms with van der Waals surface area (Å²) < 4.78 is 39.6. The van der Waals surface area contributed by atoms with Crippen molar-refractivity contribution in [3.8, 4) is 0 Å². The molecule has 7 heteroatoms. The lowest BCUT2D eigenvalue weighted by atomic mass is 10.3. The van der Waals surface area contributed by atoms with Gasteiger partial charge in [-0.1, -0.05) is 6.92 Å². The molecule has 0 heterocycles. The van der Waals surface area contributed by atoms with Crippen LogP contribution < -0.4 is 10.5 Å². The second-order valence-corrected chi connectivity index (χ2v) is 6.27. The minimum atomic E-state index is -3.71. The smallest absolute Gasteiger partial charge is 0.242 e. The van der Waals surface area contributed by atoms with Crippen LogP contribution in [-0.2, 0) is 10.0 Å². The Morgan fingerprint density at radius 2 is 2.12 bits per heavy atom. The van der Waals surface area contributed by atoms with E-state index < -0.39 is 15.8 Å². The van der Waals surface area contributed by atoms with Gasteiger partial charge in [0.15, 0.2) is 0 Å². The standard InChI is InChI=1S/C10H14BrFN2O2S/c1-3-6(2)14-17(15,16)10-4-7(11)8(12)5-9(10)13/h4-6,14H,3,13H2,1-2H3. The lowest BCUT2D eigenvalue weighted by Gasteiger charge is -2.14. The molecule has 0 saturated carbocycles. The molecule has 0 aliphatic carbocycles. The highest BCUT2D eigenvalue weighted by Crippen LogP contribution is 2.26. The summed E-state index contributed by atoms with van der Waals surface area (Å²) in [5.74, 6) is -0.593. The normalized spacial score (nSPS) is 13.6. The van der Waals surface area contributed by atoms with Crippen molar-refractivity contribution in [2.24, 2.45) is 0 Å². The van der Waals surface area contributed by atoms with Crippen molar-refractivity contribution in [3.63, 3.8) is 0 Å². The molecule has 96 valence electrons. The van der Waals surface area contributed by atoms with Gasteiger partial charge in [-0.25, -0.2) is 17.5 Å². The second-order valence-electron chi connectivity index (χ2n) is 3.73. The van der Waals surface area contributed by atoms with Crippen molar-refractivity contribution in [3.05, 3.63) is 22.4 Å². The average molecular weight is 325 g/mol. The molecule has 0 amide bonds. The minimum absolute atomic E-state index is 0.0660. The van der Waals surface area contributed by atoms with Gasteiger partial charge in [0.2, 0.25) is 10.0 Å². The molecular weight excluding hydrogens is 311 g/mol. The molecule has 3 N–H and O–H groups in total. The van der Waals surface area contributed by atoms with Gasteiger partial charge in [0.05, 0.1) is 10.2 Å². The number of nitrogens with two attached hydrogens (primary N) is 1. The average Bonchev–Trinajstić information content (AvgIpc) is 2.22. The van der Waals surface area contributed by atoms with E-state index in [2.05, 4.69) is 20.7 Å². The molecule has 1 aromatic carbocycles. The third kappa shape index (κ3) is 3.40. The van der Waals surface area contributed by atoms with Gasteiger partial charge in [-0.3, -0.25) is 0 Å². The van der Waals surface area contributed by atoms with E-state index in [-0.39, 0.29) is 21.1 Å². The van der Waals surface area contributed by atoms with Crippen molar-refractivity contribution in [1.29, 1.82) is 0 Å². The van der Waals surface area contributed by atoms with E-state index in [1.54, 1.807) is 6.92 Å². The number of nitrogen functional groups attached to an aromatic ring is 1. The quantitative estimate of drug-likeness (QED) is 0.834. The molecule has 1 atom stereocenters. The van der Waals surface area contributed by atoms with Gasteiger partial charge < -0.3 is 5.73 Å². The SMILES string of the molecule is CCC(C)NS(=O)(=O)c1cc(Br)c(F)cc1N. The van der Waals surface area contributed by atoms with E-state index in [4.69, 9.17) is 5.73 Å². The molecule has 17 heavy (non-hydrogen) atoms. The third-order valence-corrected chi connectivity index (χ3v) is 4.56. The van der Waals surface area contributed by atoms with Crippen LogP contribution in [0.2, 0.25) is 0 Å². The predicted molar refractivity (Wildman–Crippen MR) is 68.6 cm³/mol. The zero-order chi connectivity index (χ0) is 13.2. The summed E-state index contributed by atoms with van der Waals surface area (Å²) in [6, 6.07) is 1.94. The van der Waals surface area contributed by atoms with Crippen LogP contribution in [0.3, 0.4) is 0 Å². The maximum Gasteiger partial charge on any atom is 0.242 e. The molecule has 0 aliphatic rings. The highest BCUT2D eigenvalue weighted by atomic mass is 79.9. The first-order valence-corrected chi connectivity index (χ1v) is 7.32. The summed E-state index contributed by atoms with van der Waals surface area (Å²) in [5, 5.41) is 0. The summed E-state index contributed by atoms with van der Waals surface area (Å²) in [7, 11) is -3.71. The molecule has 0 bridgehead atoms. The highest BCUT2D eigenvalue weighted by Gasteiger charge is 2.21. The van der Waals surface area contributed by atoms with Crippen LogP contribution in [-0.4, -0.2) is 14.5 Å². The summed E-state index contributed by atoms with van der Waals surface area (Å²) in [5.41, 5.74) is 5.40. The van der Waals surface area contributed by atoms with Crippen LogP contribution in [0.25, 0.3) is 0 Å². The van der Waals surface area contributed by atoms with Crippen LogP contribution in [0.1, 0.15) is 20.3 Å². The Kier molecular flexibility index (Phi) is 4.51. The maximum atomic E-state index is 13.1. The van der Waals surface area contributed by atoms with Crippen LogP contribution in [0, 0.1) is 5.82 Å². The monoisotopic (exact) mass is 324 g/mol. The van der Waals surface area contributed by atoms with Crippen molar-refractivity contribution in [2.75, 3.05) is 5.73 Å². The van der Waals surface area contributed by atoms with E-state index in [0.29, 0.717) is 6.42 Å². The second kappa shape index (κ2) is 5.32. The molecule has 1 aromatic rings. The first-order chi connectivity index (χ1) is 7.77.